The number of methoxy groups -OCH3 is 3. The molecule has 3 unspecified atom stereocenters. The molecule has 6 heteroatoms. The van der Waals surface area contributed by atoms with Gasteiger partial charge in [-0.2, -0.15) is 0 Å². The Bertz CT molecular complexity index is 1220. The summed E-state index contributed by atoms with van der Waals surface area (Å²) in [6.45, 7) is 6.02. The number of aliphatic hydroxyl groups excluding tert-OH is 1. The Balaban J connectivity index is 1.18. The van der Waals surface area contributed by atoms with Crippen LogP contribution < -0.4 is 4.74 Å². The van der Waals surface area contributed by atoms with Gasteiger partial charge in [0.2, 0.25) is 0 Å². The van der Waals surface area contributed by atoms with Crippen molar-refractivity contribution in [3.63, 3.8) is 0 Å². The number of fused-ring (bicyclic) bond motifs is 2. The number of ether oxygens (including phenoxy) is 3. The summed E-state index contributed by atoms with van der Waals surface area (Å²) in [6, 6.07) is 12.5. The van der Waals surface area contributed by atoms with Crippen LogP contribution in [-0.4, -0.2) is 81.6 Å². The molecule has 2 aromatic carbocycles. The van der Waals surface area contributed by atoms with E-state index in [1.807, 2.05) is 6.07 Å². The van der Waals surface area contributed by atoms with Crippen molar-refractivity contribution in [2.24, 2.45) is 11.8 Å². The van der Waals surface area contributed by atoms with Crippen LogP contribution in [0.2, 0.25) is 0 Å². The smallest absolute Gasteiger partial charge is 0.160 e. The average Bonchev–Trinajstić information content (AvgIpc) is 3.29. The van der Waals surface area contributed by atoms with E-state index in [4.69, 9.17) is 14.2 Å². The fourth-order valence-electron chi connectivity index (χ4n) is 6.54. The Hall–Kier alpha value is -2.80. The van der Waals surface area contributed by atoms with E-state index in [1.54, 1.807) is 21.3 Å². The van der Waals surface area contributed by atoms with Crippen LogP contribution in [0.5, 0.6) is 5.75 Å². The highest BCUT2D eigenvalue weighted by atomic mass is 16.5. The maximum atomic E-state index is 11.1. The highest BCUT2D eigenvalue weighted by molar-refractivity contribution is 5.87. The maximum Gasteiger partial charge on any atom is 0.160 e. The fraction of sp³-hybridized carbons (Fsp3) is 0.515. The first-order valence-electron chi connectivity index (χ1n) is 14.5. The minimum absolute atomic E-state index is 0.383. The Morgan fingerprint density at radius 1 is 0.949 bits per heavy atom. The van der Waals surface area contributed by atoms with E-state index in [2.05, 4.69) is 58.4 Å². The molecule has 2 heterocycles. The van der Waals surface area contributed by atoms with Crippen molar-refractivity contribution >= 4 is 10.8 Å². The molecule has 3 aliphatic rings. The summed E-state index contributed by atoms with van der Waals surface area (Å²) in [5.74, 6) is 3.53. The lowest BCUT2D eigenvalue weighted by Crippen LogP contribution is -2.40. The molecule has 1 N–H and O–H groups in total. The van der Waals surface area contributed by atoms with Crippen LogP contribution in [-0.2, 0) is 15.9 Å². The van der Waals surface area contributed by atoms with Gasteiger partial charge in [-0.25, -0.2) is 0 Å². The molecular weight excluding hydrogens is 488 g/mol. The first-order valence-corrected chi connectivity index (χ1v) is 14.5. The Morgan fingerprint density at radius 3 is 2.64 bits per heavy atom. The Labute approximate surface area is 233 Å². The lowest BCUT2D eigenvalue weighted by molar-refractivity contribution is 0.102. The molecule has 0 spiro atoms. The number of allylic oxidation sites excluding steroid dienone is 3. The van der Waals surface area contributed by atoms with Gasteiger partial charge in [0.15, 0.2) is 11.5 Å². The van der Waals surface area contributed by atoms with E-state index in [0.717, 1.165) is 68.3 Å². The molecule has 2 aromatic rings. The van der Waals surface area contributed by atoms with Crippen LogP contribution in [0.15, 0.2) is 71.7 Å². The molecule has 6 nitrogen and oxygen atoms in total. The molecule has 1 aliphatic carbocycles. The van der Waals surface area contributed by atoms with E-state index >= 15 is 0 Å². The van der Waals surface area contributed by atoms with Crippen LogP contribution in [0.3, 0.4) is 0 Å². The summed E-state index contributed by atoms with van der Waals surface area (Å²) in [4.78, 5) is 5.12. The number of benzene rings is 2. The molecular formula is C33H44N2O4. The van der Waals surface area contributed by atoms with Crippen LogP contribution in [0, 0.1) is 11.8 Å². The second kappa shape index (κ2) is 13.0. The third-order valence-electron chi connectivity index (χ3n) is 8.57. The lowest BCUT2D eigenvalue weighted by atomic mass is 9.90. The zero-order chi connectivity index (χ0) is 27.2. The number of hydrogen-bond acceptors (Lipinski definition) is 6. The molecule has 1 saturated heterocycles. The number of β-amino-alcohol motifs (C(OH)–C–C–N with tert-alkyl or cyclic N) is 1. The maximum absolute atomic E-state index is 11.1. The van der Waals surface area contributed by atoms with Gasteiger partial charge in [-0.1, -0.05) is 36.8 Å². The van der Waals surface area contributed by atoms with Crippen LogP contribution in [0.4, 0.5) is 0 Å². The highest BCUT2D eigenvalue weighted by Crippen LogP contribution is 2.32. The zero-order valence-corrected chi connectivity index (χ0v) is 23.8. The number of rotatable bonds is 9. The van der Waals surface area contributed by atoms with Crippen molar-refractivity contribution in [2.75, 3.05) is 60.6 Å². The third-order valence-corrected chi connectivity index (χ3v) is 8.57. The third kappa shape index (κ3) is 6.86. The summed E-state index contributed by atoms with van der Waals surface area (Å²) in [7, 11) is 5.12. The van der Waals surface area contributed by atoms with Crippen LogP contribution >= 0.6 is 0 Å². The summed E-state index contributed by atoms with van der Waals surface area (Å²) >= 11 is 0. The van der Waals surface area contributed by atoms with Gasteiger partial charge in [0, 0.05) is 38.5 Å². The van der Waals surface area contributed by atoms with Crippen molar-refractivity contribution in [1.82, 2.24) is 9.80 Å². The largest absolute Gasteiger partial charge is 0.497 e. The molecule has 5 rings (SSSR count). The monoisotopic (exact) mass is 532 g/mol. The summed E-state index contributed by atoms with van der Waals surface area (Å²) in [5.41, 5.74) is 2.54. The molecule has 0 aromatic heterocycles. The molecule has 39 heavy (non-hydrogen) atoms. The van der Waals surface area contributed by atoms with Gasteiger partial charge >= 0.3 is 0 Å². The van der Waals surface area contributed by atoms with Gasteiger partial charge in [-0.15, -0.1) is 0 Å². The van der Waals surface area contributed by atoms with E-state index in [1.165, 1.54) is 35.8 Å². The summed E-state index contributed by atoms with van der Waals surface area (Å²) < 4.78 is 16.5. The molecule has 2 aliphatic heterocycles. The summed E-state index contributed by atoms with van der Waals surface area (Å²) in [5, 5.41) is 13.5. The van der Waals surface area contributed by atoms with E-state index < -0.39 is 0 Å². The minimum Gasteiger partial charge on any atom is -0.497 e. The standard InChI is InChI=1S/C33H44N2O4/c1-37-30-10-11-31-27(8-6-9-28(31)18-30)17-29(36)23-35-14-5-4-7-24(22-35)21-34-15-12-25-19-32(38-2)33(39-3)20-26(25)13-16-34/h6,8-12,18-20,24,26,29,36H,4-5,7,13-17,21-23H2,1-3H3. The quantitative estimate of drug-likeness (QED) is 0.481. The van der Waals surface area contributed by atoms with Gasteiger partial charge in [0.1, 0.15) is 5.75 Å². The molecule has 0 radical (unpaired) electrons. The second-order valence-electron chi connectivity index (χ2n) is 11.3. The van der Waals surface area contributed by atoms with E-state index in [0.29, 0.717) is 18.3 Å². The second-order valence-corrected chi connectivity index (χ2v) is 11.3. The van der Waals surface area contributed by atoms with Gasteiger partial charge < -0.3 is 24.2 Å². The van der Waals surface area contributed by atoms with Crippen molar-refractivity contribution < 1.29 is 19.3 Å². The number of likely N-dealkylation sites (tertiary alicyclic amines) is 1. The molecule has 210 valence electrons. The molecule has 3 atom stereocenters. The van der Waals surface area contributed by atoms with E-state index in [9.17, 15) is 5.11 Å². The van der Waals surface area contributed by atoms with Gasteiger partial charge in [-0.3, -0.25) is 4.90 Å². The van der Waals surface area contributed by atoms with Crippen molar-refractivity contribution in [2.45, 2.75) is 38.2 Å². The lowest BCUT2D eigenvalue weighted by Gasteiger charge is -2.30. The normalized spacial score (nSPS) is 23.5. The molecule has 1 fully saturated rings. The first-order chi connectivity index (χ1) is 19.1. The molecule has 0 amide bonds. The van der Waals surface area contributed by atoms with Crippen molar-refractivity contribution in [3.8, 4) is 5.75 Å². The summed E-state index contributed by atoms with van der Waals surface area (Å²) in [6.07, 6.45) is 11.8. The topological polar surface area (TPSA) is 54.4 Å². The number of hydrogen-bond donors (Lipinski definition) is 1. The first kappa shape index (κ1) is 27.8. The zero-order valence-electron chi connectivity index (χ0n) is 23.8. The Kier molecular flexibility index (Phi) is 9.28. The van der Waals surface area contributed by atoms with Crippen molar-refractivity contribution in [3.05, 3.63) is 77.3 Å². The van der Waals surface area contributed by atoms with Gasteiger partial charge in [0.05, 0.1) is 27.4 Å². The molecule has 0 saturated carbocycles. The number of nitrogens with zero attached hydrogens (tertiary/aromatic N) is 2. The van der Waals surface area contributed by atoms with Crippen LogP contribution in [0.25, 0.3) is 10.8 Å². The Morgan fingerprint density at radius 2 is 1.82 bits per heavy atom. The SMILES string of the molecule is COC1=CC2=CCN(CC3CCCCN(CC(O)Cc4cccc5cc(OC)ccc45)C3)CCC2C=C1OC. The minimum atomic E-state index is -0.383. The van der Waals surface area contributed by atoms with E-state index in [-0.39, 0.29) is 6.10 Å². The predicted octanol–water partition coefficient (Wildman–Crippen LogP) is 5.18. The molecule has 0 bridgehead atoms. The van der Waals surface area contributed by atoms with Crippen molar-refractivity contribution in [1.29, 1.82) is 0 Å². The average molecular weight is 533 g/mol. The van der Waals surface area contributed by atoms with Crippen LogP contribution in [0.1, 0.15) is 31.2 Å². The van der Waals surface area contributed by atoms with Gasteiger partial charge in [-0.05, 0) is 84.5 Å². The van der Waals surface area contributed by atoms with Gasteiger partial charge in [0.25, 0.3) is 0 Å². The predicted molar refractivity (Wildman–Crippen MR) is 157 cm³/mol. The fourth-order valence-corrected chi connectivity index (χ4v) is 6.54. The number of aliphatic hydroxyl groups is 1. The highest BCUT2D eigenvalue weighted by Gasteiger charge is 2.27.